The Balaban J connectivity index is 1.57. The molecule has 0 spiro atoms. The van der Waals surface area contributed by atoms with Crippen LogP contribution in [0.25, 0.3) is 0 Å². The number of benzene rings is 2. The number of nitrogens with one attached hydrogen (secondary N) is 2. The van der Waals surface area contributed by atoms with Gasteiger partial charge in [-0.15, -0.1) is 0 Å². The Bertz CT molecular complexity index is 1510. The summed E-state index contributed by atoms with van der Waals surface area (Å²) in [7, 11) is 4.77. The summed E-state index contributed by atoms with van der Waals surface area (Å²) in [6, 6.07) is 17.0. The Morgan fingerprint density at radius 1 is 0.900 bits per heavy atom. The summed E-state index contributed by atoms with van der Waals surface area (Å²) in [4.78, 5) is 32.1. The number of amides is 1. The topological polar surface area (TPSA) is 98.8 Å². The molecule has 2 unspecified atom stereocenters. The summed E-state index contributed by atoms with van der Waals surface area (Å²) in [6.07, 6.45) is 2.68. The highest BCUT2D eigenvalue weighted by Crippen LogP contribution is 2.47. The maximum atomic E-state index is 13.9. The van der Waals surface area contributed by atoms with E-state index < -0.39 is 5.92 Å². The van der Waals surface area contributed by atoms with Crippen LogP contribution in [0.4, 0.5) is 5.82 Å². The molecule has 2 atom stereocenters. The highest BCUT2D eigenvalue weighted by Gasteiger charge is 2.41. The van der Waals surface area contributed by atoms with Gasteiger partial charge in [0, 0.05) is 41.1 Å². The first-order valence-corrected chi connectivity index (χ1v) is 13.2. The molecule has 0 saturated heterocycles. The second-order valence-electron chi connectivity index (χ2n) is 10.1. The fourth-order valence-corrected chi connectivity index (χ4v) is 5.54. The third-order valence-electron chi connectivity index (χ3n) is 7.55. The molecular formula is C32H33N3O5. The Morgan fingerprint density at radius 2 is 1.62 bits per heavy atom. The minimum atomic E-state index is -0.592. The summed E-state index contributed by atoms with van der Waals surface area (Å²) in [5.74, 6) is 1.40. The molecule has 0 saturated carbocycles. The lowest BCUT2D eigenvalue weighted by Gasteiger charge is -2.37. The predicted octanol–water partition coefficient (Wildman–Crippen LogP) is 5.42. The Hall–Kier alpha value is -4.59. The first kappa shape index (κ1) is 27.0. The summed E-state index contributed by atoms with van der Waals surface area (Å²) in [5, 5.41) is 6.35. The smallest absolute Gasteiger partial charge is 0.255 e. The van der Waals surface area contributed by atoms with Gasteiger partial charge in [0.15, 0.2) is 17.3 Å². The van der Waals surface area contributed by atoms with E-state index in [2.05, 4.69) is 15.6 Å². The van der Waals surface area contributed by atoms with Gasteiger partial charge in [-0.3, -0.25) is 9.59 Å². The number of ketones is 1. The summed E-state index contributed by atoms with van der Waals surface area (Å²) < 4.78 is 16.3. The molecule has 8 nitrogen and oxygen atoms in total. The van der Waals surface area contributed by atoms with Gasteiger partial charge in [0.1, 0.15) is 11.6 Å². The quantitative estimate of drug-likeness (QED) is 0.414. The molecular weight excluding hydrogens is 506 g/mol. The van der Waals surface area contributed by atoms with Crippen LogP contribution in [-0.2, 0) is 9.59 Å². The van der Waals surface area contributed by atoms with Gasteiger partial charge in [0.25, 0.3) is 5.91 Å². The number of carbonyl (C=O) groups is 2. The lowest BCUT2D eigenvalue weighted by molar-refractivity contribution is -0.116. The summed E-state index contributed by atoms with van der Waals surface area (Å²) in [5.41, 5.74) is 5.41. The highest BCUT2D eigenvalue weighted by atomic mass is 16.5. The fraction of sp³-hybridized carbons (Fsp3) is 0.281. The van der Waals surface area contributed by atoms with Gasteiger partial charge in [-0.1, -0.05) is 24.3 Å². The summed E-state index contributed by atoms with van der Waals surface area (Å²) in [6.45, 7) is 3.81. The number of nitrogens with zero attached hydrogens (tertiary/aromatic N) is 1. The number of dihydropyridines is 1. The first-order valence-electron chi connectivity index (χ1n) is 13.2. The van der Waals surface area contributed by atoms with Crippen LogP contribution < -0.4 is 24.8 Å². The number of hydrogen-bond donors (Lipinski definition) is 2. The third-order valence-corrected chi connectivity index (χ3v) is 7.55. The number of allylic oxidation sites excluding steroid dienone is 3. The minimum Gasteiger partial charge on any atom is -0.497 e. The molecule has 206 valence electrons. The van der Waals surface area contributed by atoms with Crippen molar-refractivity contribution in [3.63, 3.8) is 0 Å². The van der Waals surface area contributed by atoms with Crippen molar-refractivity contribution in [2.45, 2.75) is 38.5 Å². The number of ether oxygens (including phenoxy) is 3. The van der Waals surface area contributed by atoms with Crippen molar-refractivity contribution < 1.29 is 23.8 Å². The second-order valence-corrected chi connectivity index (χ2v) is 10.1. The molecule has 1 aromatic heterocycles. The molecule has 2 N–H and O–H groups in total. The number of hydrogen-bond acceptors (Lipinski definition) is 7. The molecule has 8 heteroatoms. The van der Waals surface area contributed by atoms with Gasteiger partial charge in [-0.2, -0.15) is 0 Å². The molecule has 1 aliphatic heterocycles. The standard InChI is InChI=1S/C32H33N3O5/c1-18-6-13-28(33-17-18)35-32(37)29-19(2)34-24-14-22(20-7-10-23(38-3)11-8-20)15-25(36)31(24)30(29)21-9-12-26(39-4)27(16-21)40-5/h6-13,16-17,22,30,34H,14-15H2,1-5H3,(H,33,35,37). The molecule has 2 heterocycles. The number of rotatable bonds is 7. The van der Waals surface area contributed by atoms with Crippen molar-refractivity contribution in [3.8, 4) is 17.2 Å². The molecule has 0 fully saturated rings. The Labute approximate surface area is 234 Å². The minimum absolute atomic E-state index is 0.000568. The van der Waals surface area contributed by atoms with E-state index in [0.717, 1.165) is 28.1 Å². The third kappa shape index (κ3) is 5.17. The van der Waals surface area contributed by atoms with Gasteiger partial charge in [-0.05, 0) is 73.2 Å². The van der Waals surface area contributed by atoms with Crippen LogP contribution in [-0.4, -0.2) is 38.0 Å². The zero-order chi connectivity index (χ0) is 28.4. The molecule has 2 aromatic carbocycles. The number of anilines is 1. The number of Topliss-reactive ketones (excluding diaryl/α,β-unsaturated/α-hetero) is 1. The molecule has 3 aromatic rings. The summed E-state index contributed by atoms with van der Waals surface area (Å²) >= 11 is 0. The fourth-order valence-electron chi connectivity index (χ4n) is 5.54. The number of methoxy groups -OCH3 is 3. The van der Waals surface area contributed by atoms with Gasteiger partial charge >= 0.3 is 0 Å². The van der Waals surface area contributed by atoms with E-state index in [1.165, 1.54) is 0 Å². The van der Waals surface area contributed by atoms with Crippen LogP contribution in [0.2, 0.25) is 0 Å². The van der Waals surface area contributed by atoms with Crippen molar-refractivity contribution >= 4 is 17.5 Å². The predicted molar refractivity (Wildman–Crippen MR) is 153 cm³/mol. The van der Waals surface area contributed by atoms with E-state index in [4.69, 9.17) is 14.2 Å². The SMILES string of the molecule is COc1ccc(C2CC(=O)C3=C(C2)NC(C)=C(C(=O)Nc2ccc(C)cn2)C3c2ccc(OC)c(OC)c2)cc1. The van der Waals surface area contributed by atoms with Crippen molar-refractivity contribution in [1.29, 1.82) is 0 Å². The average molecular weight is 540 g/mol. The van der Waals surface area contributed by atoms with Crippen LogP contribution in [0, 0.1) is 6.92 Å². The van der Waals surface area contributed by atoms with E-state index in [-0.39, 0.29) is 17.6 Å². The van der Waals surface area contributed by atoms with Crippen molar-refractivity contribution in [2.75, 3.05) is 26.6 Å². The first-order chi connectivity index (χ1) is 19.3. The van der Waals surface area contributed by atoms with Crippen LogP contribution >= 0.6 is 0 Å². The van der Waals surface area contributed by atoms with Gasteiger partial charge in [0.2, 0.25) is 0 Å². The second kappa shape index (κ2) is 11.3. The van der Waals surface area contributed by atoms with Gasteiger partial charge < -0.3 is 24.8 Å². The Kier molecular flexibility index (Phi) is 7.60. The van der Waals surface area contributed by atoms with Crippen LogP contribution in [0.1, 0.15) is 48.3 Å². The van der Waals surface area contributed by atoms with Crippen molar-refractivity contribution in [1.82, 2.24) is 10.3 Å². The number of carbonyl (C=O) groups excluding carboxylic acids is 2. The van der Waals surface area contributed by atoms with Crippen LogP contribution in [0.5, 0.6) is 17.2 Å². The van der Waals surface area contributed by atoms with Gasteiger partial charge in [0.05, 0.1) is 21.3 Å². The average Bonchev–Trinajstić information content (AvgIpc) is 2.97. The van der Waals surface area contributed by atoms with E-state index in [0.29, 0.717) is 47.0 Å². The molecule has 5 rings (SSSR count). The molecule has 1 aliphatic carbocycles. The monoisotopic (exact) mass is 539 g/mol. The number of aryl methyl sites for hydroxylation is 1. The van der Waals surface area contributed by atoms with Crippen molar-refractivity contribution in [2.24, 2.45) is 0 Å². The maximum Gasteiger partial charge on any atom is 0.255 e. The largest absolute Gasteiger partial charge is 0.497 e. The van der Waals surface area contributed by atoms with E-state index in [1.54, 1.807) is 39.7 Å². The highest BCUT2D eigenvalue weighted by molar-refractivity contribution is 6.09. The van der Waals surface area contributed by atoms with Gasteiger partial charge in [-0.25, -0.2) is 4.98 Å². The maximum absolute atomic E-state index is 13.9. The van der Waals surface area contributed by atoms with Crippen LogP contribution in [0.3, 0.4) is 0 Å². The zero-order valence-corrected chi connectivity index (χ0v) is 23.3. The lowest BCUT2D eigenvalue weighted by atomic mass is 9.71. The number of pyridine rings is 1. The zero-order valence-electron chi connectivity index (χ0n) is 23.3. The molecule has 2 aliphatic rings. The van der Waals surface area contributed by atoms with Crippen LogP contribution in [0.15, 0.2) is 83.3 Å². The Morgan fingerprint density at radius 3 is 2.27 bits per heavy atom. The molecule has 0 bridgehead atoms. The molecule has 40 heavy (non-hydrogen) atoms. The van der Waals surface area contributed by atoms with E-state index in [9.17, 15) is 9.59 Å². The number of aromatic nitrogens is 1. The molecule has 1 amide bonds. The van der Waals surface area contributed by atoms with Crippen molar-refractivity contribution in [3.05, 3.63) is 100 Å². The van der Waals surface area contributed by atoms with E-state index in [1.807, 2.05) is 56.3 Å². The molecule has 0 radical (unpaired) electrons. The van der Waals surface area contributed by atoms with E-state index >= 15 is 0 Å². The lowest BCUT2D eigenvalue weighted by Crippen LogP contribution is -2.37. The normalized spacial score (nSPS) is 18.6.